The molecule has 0 saturated carbocycles. The Morgan fingerprint density at radius 2 is 1.56 bits per heavy atom. The van der Waals surface area contributed by atoms with Gasteiger partial charge in [0.2, 0.25) is 0 Å². The van der Waals surface area contributed by atoms with Gasteiger partial charge in [0, 0.05) is 29.9 Å². The summed E-state index contributed by atoms with van der Waals surface area (Å²) < 4.78 is 1.65. The fraction of sp³-hybridized carbons (Fsp3) is 0.148. The average molecular weight is 490 g/mol. The molecule has 3 aromatic carbocycles. The number of hydrogen-bond donors (Lipinski definition) is 1. The summed E-state index contributed by atoms with van der Waals surface area (Å²) in [6.45, 7) is 1.00. The van der Waals surface area contributed by atoms with Gasteiger partial charge in [0.15, 0.2) is 4.80 Å². The lowest BCUT2D eigenvalue weighted by Gasteiger charge is -2.09. The maximum atomic E-state index is 13.0. The molecule has 0 saturated heterocycles. The molecule has 1 aromatic heterocycles. The first-order valence-electron chi connectivity index (χ1n) is 11.0. The molecule has 0 radical (unpaired) electrons. The van der Waals surface area contributed by atoms with Crippen LogP contribution < -0.4 is 15.7 Å². The molecule has 0 unspecified atom stereocenters. The lowest BCUT2D eigenvalue weighted by atomic mass is 10.1. The molecule has 172 valence electrons. The van der Waals surface area contributed by atoms with Crippen LogP contribution in [0.2, 0.25) is 5.02 Å². The van der Waals surface area contributed by atoms with Crippen molar-refractivity contribution in [2.75, 3.05) is 11.9 Å². The second kappa shape index (κ2) is 11.6. The smallest absolute Gasteiger partial charge is 0.266 e. The van der Waals surface area contributed by atoms with E-state index in [0.29, 0.717) is 39.9 Å². The van der Waals surface area contributed by atoms with Gasteiger partial charge in [0.05, 0.1) is 0 Å². The fourth-order valence-corrected chi connectivity index (χ4v) is 4.61. The van der Waals surface area contributed by atoms with E-state index in [9.17, 15) is 9.59 Å². The zero-order valence-electron chi connectivity index (χ0n) is 18.5. The number of carbonyl (C=O) groups excluding carboxylic acids is 1. The molecule has 1 N–H and O–H groups in total. The molecule has 1 amide bonds. The van der Waals surface area contributed by atoms with E-state index < -0.39 is 0 Å². The molecule has 34 heavy (non-hydrogen) atoms. The van der Waals surface area contributed by atoms with E-state index in [1.807, 2.05) is 48.5 Å². The topological polar surface area (TPSA) is 63.5 Å². The van der Waals surface area contributed by atoms with Crippen molar-refractivity contribution in [3.63, 3.8) is 0 Å². The van der Waals surface area contributed by atoms with Crippen LogP contribution in [0.25, 0.3) is 0 Å². The number of hydrogen-bond acceptors (Lipinski definition) is 4. The maximum Gasteiger partial charge on any atom is 0.266 e. The number of halogens is 1. The SMILES string of the molecule is O=C(Nc1cccc(Cl)c1)c1cc(=O)n(CCc2ccccc2)c(=NCCc2ccccc2)s1. The van der Waals surface area contributed by atoms with Crippen LogP contribution in [-0.4, -0.2) is 17.0 Å². The van der Waals surface area contributed by atoms with Crippen LogP contribution >= 0.6 is 22.9 Å². The third kappa shape index (κ3) is 6.53. The molecule has 0 atom stereocenters. The zero-order valence-corrected chi connectivity index (χ0v) is 20.1. The number of benzene rings is 3. The van der Waals surface area contributed by atoms with Gasteiger partial charge in [0.1, 0.15) is 4.88 Å². The summed E-state index contributed by atoms with van der Waals surface area (Å²) in [5.74, 6) is -0.362. The Bertz CT molecular complexity index is 1380. The van der Waals surface area contributed by atoms with Crippen molar-refractivity contribution in [3.8, 4) is 0 Å². The van der Waals surface area contributed by atoms with Gasteiger partial charge in [-0.1, -0.05) is 89.7 Å². The quantitative estimate of drug-likeness (QED) is 0.369. The Kier molecular flexibility index (Phi) is 8.07. The summed E-state index contributed by atoms with van der Waals surface area (Å²) in [6.07, 6.45) is 1.45. The predicted molar refractivity (Wildman–Crippen MR) is 139 cm³/mol. The van der Waals surface area contributed by atoms with Gasteiger partial charge in [-0.3, -0.25) is 19.1 Å². The van der Waals surface area contributed by atoms with Crippen molar-refractivity contribution in [1.82, 2.24) is 4.57 Å². The van der Waals surface area contributed by atoms with Crippen molar-refractivity contribution in [1.29, 1.82) is 0 Å². The molecule has 4 rings (SSSR count). The van der Waals surface area contributed by atoms with Gasteiger partial charge in [-0.15, -0.1) is 0 Å². The zero-order chi connectivity index (χ0) is 23.8. The average Bonchev–Trinajstić information content (AvgIpc) is 2.84. The van der Waals surface area contributed by atoms with Crippen molar-refractivity contribution in [2.45, 2.75) is 19.4 Å². The maximum absolute atomic E-state index is 13.0. The predicted octanol–water partition coefficient (Wildman–Crippen LogP) is 5.20. The largest absolute Gasteiger partial charge is 0.321 e. The minimum absolute atomic E-state index is 0.246. The van der Waals surface area contributed by atoms with Crippen LogP contribution in [-0.2, 0) is 19.4 Å². The molecule has 5 nitrogen and oxygen atoms in total. The second-order valence-electron chi connectivity index (χ2n) is 7.70. The number of aromatic nitrogens is 1. The molecular formula is C27H24ClN3O2S. The molecule has 7 heteroatoms. The van der Waals surface area contributed by atoms with Crippen LogP contribution in [0, 0.1) is 0 Å². The summed E-state index contributed by atoms with van der Waals surface area (Å²) in [5.41, 5.74) is 2.63. The molecular weight excluding hydrogens is 466 g/mol. The third-order valence-electron chi connectivity index (χ3n) is 5.22. The van der Waals surface area contributed by atoms with Gasteiger partial charge in [-0.2, -0.15) is 0 Å². The van der Waals surface area contributed by atoms with E-state index in [4.69, 9.17) is 16.6 Å². The normalized spacial score (nSPS) is 11.4. The molecule has 0 fully saturated rings. The van der Waals surface area contributed by atoms with Crippen LogP contribution in [0.4, 0.5) is 5.69 Å². The third-order valence-corrected chi connectivity index (χ3v) is 6.51. The summed E-state index contributed by atoms with van der Waals surface area (Å²) in [5, 5.41) is 3.33. The summed E-state index contributed by atoms with van der Waals surface area (Å²) >= 11 is 7.24. The van der Waals surface area contributed by atoms with Crippen molar-refractivity contribution < 1.29 is 4.79 Å². The molecule has 0 bridgehead atoms. The van der Waals surface area contributed by atoms with Crippen molar-refractivity contribution in [2.24, 2.45) is 4.99 Å². The first kappa shape index (κ1) is 23.7. The first-order chi connectivity index (χ1) is 16.6. The van der Waals surface area contributed by atoms with Crippen LogP contribution in [0.1, 0.15) is 20.8 Å². The Morgan fingerprint density at radius 3 is 2.24 bits per heavy atom. The Morgan fingerprint density at radius 1 is 0.882 bits per heavy atom. The number of aryl methyl sites for hydroxylation is 1. The molecule has 0 aliphatic rings. The number of amides is 1. The van der Waals surface area contributed by atoms with Crippen LogP contribution in [0.5, 0.6) is 0 Å². The standard InChI is InChI=1S/C27H24ClN3O2S/c28-22-12-7-13-23(18-22)30-26(33)24-19-25(32)31(17-15-21-10-5-2-6-11-21)27(34-24)29-16-14-20-8-3-1-4-9-20/h1-13,18-19H,14-17H2,(H,30,33). The van der Waals surface area contributed by atoms with Crippen molar-refractivity contribution in [3.05, 3.63) is 127 Å². The fourth-order valence-electron chi connectivity index (χ4n) is 3.47. The van der Waals surface area contributed by atoms with Gasteiger partial charge in [-0.25, -0.2) is 0 Å². The summed E-state index contributed by atoms with van der Waals surface area (Å²) in [4.78, 5) is 31.5. The number of nitrogens with one attached hydrogen (secondary N) is 1. The minimum Gasteiger partial charge on any atom is -0.321 e. The molecule has 4 aromatic rings. The minimum atomic E-state index is -0.362. The number of nitrogens with zero attached hydrogens (tertiary/aromatic N) is 2. The molecule has 0 aliphatic carbocycles. The lowest BCUT2D eigenvalue weighted by Crippen LogP contribution is -2.34. The summed E-state index contributed by atoms with van der Waals surface area (Å²) in [6, 6.07) is 28.4. The highest BCUT2D eigenvalue weighted by Crippen LogP contribution is 2.16. The van der Waals surface area contributed by atoms with Gasteiger partial charge in [-0.05, 0) is 42.2 Å². The van der Waals surface area contributed by atoms with Gasteiger partial charge >= 0.3 is 0 Å². The van der Waals surface area contributed by atoms with E-state index in [1.54, 1.807) is 28.8 Å². The summed E-state index contributed by atoms with van der Waals surface area (Å²) in [7, 11) is 0. The molecule has 0 spiro atoms. The van der Waals surface area contributed by atoms with Gasteiger partial charge < -0.3 is 5.32 Å². The monoisotopic (exact) mass is 489 g/mol. The van der Waals surface area contributed by atoms with E-state index in [-0.39, 0.29) is 11.5 Å². The Hall–Kier alpha value is -3.48. The van der Waals surface area contributed by atoms with Gasteiger partial charge in [0.25, 0.3) is 11.5 Å². The number of rotatable bonds is 8. The van der Waals surface area contributed by atoms with Crippen LogP contribution in [0.3, 0.4) is 0 Å². The highest BCUT2D eigenvalue weighted by atomic mass is 35.5. The number of carbonyl (C=O) groups is 1. The van der Waals surface area contributed by atoms with Crippen LogP contribution in [0.15, 0.2) is 101 Å². The highest BCUT2D eigenvalue weighted by molar-refractivity contribution is 7.11. The van der Waals surface area contributed by atoms with E-state index in [2.05, 4.69) is 17.4 Å². The Labute approximate surface area is 207 Å². The second-order valence-corrected chi connectivity index (χ2v) is 9.15. The van der Waals surface area contributed by atoms with Crippen molar-refractivity contribution >= 4 is 34.5 Å². The highest BCUT2D eigenvalue weighted by Gasteiger charge is 2.12. The van der Waals surface area contributed by atoms with E-state index >= 15 is 0 Å². The molecule has 0 aliphatic heterocycles. The Balaban J connectivity index is 1.62. The lowest BCUT2D eigenvalue weighted by molar-refractivity contribution is 0.103. The first-order valence-corrected chi connectivity index (χ1v) is 12.2. The number of anilines is 1. The molecule has 1 heterocycles. The van der Waals surface area contributed by atoms with E-state index in [0.717, 1.165) is 12.0 Å². The van der Waals surface area contributed by atoms with E-state index in [1.165, 1.54) is 23.0 Å².